The Morgan fingerprint density at radius 2 is 1.92 bits per heavy atom. The van der Waals surface area contributed by atoms with E-state index in [0.29, 0.717) is 6.61 Å². The molecule has 1 unspecified atom stereocenters. The molecule has 0 bridgehead atoms. The maximum absolute atomic E-state index is 6.13. The SMILES string of the molecule is COCC(C)(N)CC1CCCCC1. The van der Waals surface area contributed by atoms with E-state index in [-0.39, 0.29) is 5.54 Å². The largest absolute Gasteiger partial charge is 0.383 e. The maximum atomic E-state index is 6.13. The zero-order chi connectivity index (χ0) is 9.73. The van der Waals surface area contributed by atoms with Crippen LogP contribution in [0.15, 0.2) is 0 Å². The van der Waals surface area contributed by atoms with Gasteiger partial charge in [-0.1, -0.05) is 32.1 Å². The molecule has 0 saturated heterocycles. The Morgan fingerprint density at radius 1 is 1.31 bits per heavy atom. The molecule has 0 radical (unpaired) electrons. The van der Waals surface area contributed by atoms with Gasteiger partial charge in [0, 0.05) is 12.6 Å². The molecule has 0 amide bonds. The van der Waals surface area contributed by atoms with Crippen molar-refractivity contribution in [2.24, 2.45) is 11.7 Å². The van der Waals surface area contributed by atoms with Gasteiger partial charge in [0.15, 0.2) is 0 Å². The number of rotatable bonds is 4. The van der Waals surface area contributed by atoms with Crippen molar-refractivity contribution < 1.29 is 4.74 Å². The van der Waals surface area contributed by atoms with Crippen molar-refractivity contribution >= 4 is 0 Å². The third kappa shape index (κ3) is 4.10. The number of hydrogen-bond donors (Lipinski definition) is 1. The Balaban J connectivity index is 2.28. The first-order chi connectivity index (χ1) is 6.14. The molecule has 0 heterocycles. The van der Waals surface area contributed by atoms with Gasteiger partial charge in [0.2, 0.25) is 0 Å². The second kappa shape index (κ2) is 4.97. The third-order valence-electron chi connectivity index (χ3n) is 2.95. The molecule has 0 aromatic rings. The van der Waals surface area contributed by atoms with Crippen LogP contribution in [-0.4, -0.2) is 19.3 Å². The number of nitrogens with two attached hydrogens (primary N) is 1. The van der Waals surface area contributed by atoms with Gasteiger partial charge in [-0.15, -0.1) is 0 Å². The topological polar surface area (TPSA) is 35.2 Å². The summed E-state index contributed by atoms with van der Waals surface area (Å²) >= 11 is 0. The van der Waals surface area contributed by atoms with Crippen LogP contribution in [0.3, 0.4) is 0 Å². The normalized spacial score (nSPS) is 24.2. The predicted octanol–water partition coefficient (Wildman–Crippen LogP) is 2.32. The summed E-state index contributed by atoms with van der Waals surface area (Å²) in [6.07, 6.45) is 8.08. The van der Waals surface area contributed by atoms with Gasteiger partial charge in [0.05, 0.1) is 6.61 Å². The maximum Gasteiger partial charge on any atom is 0.0639 e. The average Bonchev–Trinajstić information content (AvgIpc) is 2.04. The number of methoxy groups -OCH3 is 1. The van der Waals surface area contributed by atoms with E-state index in [0.717, 1.165) is 12.3 Å². The minimum atomic E-state index is -0.114. The first-order valence-corrected chi connectivity index (χ1v) is 5.42. The summed E-state index contributed by atoms with van der Waals surface area (Å²) in [6.45, 7) is 2.79. The molecular weight excluding hydrogens is 162 g/mol. The second-order valence-corrected chi connectivity index (χ2v) is 4.80. The second-order valence-electron chi connectivity index (χ2n) is 4.80. The first-order valence-electron chi connectivity index (χ1n) is 5.42. The number of hydrogen-bond acceptors (Lipinski definition) is 2. The zero-order valence-electron chi connectivity index (χ0n) is 9.01. The highest BCUT2D eigenvalue weighted by Crippen LogP contribution is 2.29. The minimum absolute atomic E-state index is 0.114. The Hall–Kier alpha value is -0.0800. The monoisotopic (exact) mass is 185 g/mol. The molecule has 0 spiro atoms. The molecule has 2 nitrogen and oxygen atoms in total. The minimum Gasteiger partial charge on any atom is -0.383 e. The van der Waals surface area contributed by atoms with Crippen LogP contribution in [0, 0.1) is 5.92 Å². The van der Waals surface area contributed by atoms with Gasteiger partial charge in [-0.05, 0) is 19.3 Å². The van der Waals surface area contributed by atoms with Crippen molar-refractivity contribution in [3.63, 3.8) is 0 Å². The van der Waals surface area contributed by atoms with E-state index in [4.69, 9.17) is 10.5 Å². The quantitative estimate of drug-likeness (QED) is 0.729. The van der Waals surface area contributed by atoms with Crippen LogP contribution in [0.2, 0.25) is 0 Å². The van der Waals surface area contributed by atoms with Crippen LogP contribution in [0.1, 0.15) is 45.4 Å². The van der Waals surface area contributed by atoms with Gasteiger partial charge >= 0.3 is 0 Å². The lowest BCUT2D eigenvalue weighted by Gasteiger charge is -2.31. The van der Waals surface area contributed by atoms with Crippen molar-refractivity contribution in [2.75, 3.05) is 13.7 Å². The fraction of sp³-hybridized carbons (Fsp3) is 1.00. The van der Waals surface area contributed by atoms with Gasteiger partial charge in [-0.3, -0.25) is 0 Å². The highest BCUT2D eigenvalue weighted by molar-refractivity contribution is 4.82. The van der Waals surface area contributed by atoms with Crippen molar-refractivity contribution in [1.82, 2.24) is 0 Å². The van der Waals surface area contributed by atoms with E-state index in [2.05, 4.69) is 6.92 Å². The molecule has 1 aliphatic rings. The number of ether oxygens (including phenoxy) is 1. The molecule has 1 fully saturated rings. The fourth-order valence-corrected chi connectivity index (χ4v) is 2.44. The van der Waals surface area contributed by atoms with Crippen LogP contribution in [0.25, 0.3) is 0 Å². The van der Waals surface area contributed by atoms with E-state index < -0.39 is 0 Å². The van der Waals surface area contributed by atoms with Crippen LogP contribution >= 0.6 is 0 Å². The Labute approximate surface area is 81.8 Å². The molecule has 2 N–H and O–H groups in total. The third-order valence-corrected chi connectivity index (χ3v) is 2.95. The first kappa shape index (κ1) is 11.0. The summed E-state index contributed by atoms with van der Waals surface area (Å²) < 4.78 is 5.12. The van der Waals surface area contributed by atoms with Crippen molar-refractivity contribution in [1.29, 1.82) is 0 Å². The van der Waals surface area contributed by atoms with E-state index >= 15 is 0 Å². The van der Waals surface area contributed by atoms with Crippen molar-refractivity contribution in [3.05, 3.63) is 0 Å². The van der Waals surface area contributed by atoms with Gasteiger partial charge in [-0.25, -0.2) is 0 Å². The highest BCUT2D eigenvalue weighted by atomic mass is 16.5. The molecule has 1 aliphatic carbocycles. The zero-order valence-corrected chi connectivity index (χ0v) is 9.01. The van der Waals surface area contributed by atoms with Gasteiger partial charge in [0.1, 0.15) is 0 Å². The van der Waals surface area contributed by atoms with Gasteiger partial charge < -0.3 is 10.5 Å². The lowest BCUT2D eigenvalue weighted by molar-refractivity contribution is 0.119. The van der Waals surface area contributed by atoms with Crippen LogP contribution < -0.4 is 5.73 Å². The predicted molar refractivity (Wildman–Crippen MR) is 55.7 cm³/mol. The van der Waals surface area contributed by atoms with E-state index in [1.54, 1.807) is 7.11 Å². The summed E-state index contributed by atoms with van der Waals surface area (Å²) in [5.74, 6) is 0.846. The van der Waals surface area contributed by atoms with Gasteiger partial charge in [-0.2, -0.15) is 0 Å². The molecule has 1 saturated carbocycles. The smallest absolute Gasteiger partial charge is 0.0639 e. The summed E-state index contributed by atoms with van der Waals surface area (Å²) in [6, 6.07) is 0. The highest BCUT2D eigenvalue weighted by Gasteiger charge is 2.24. The van der Waals surface area contributed by atoms with Crippen LogP contribution in [0.4, 0.5) is 0 Å². The summed E-state index contributed by atoms with van der Waals surface area (Å²) in [4.78, 5) is 0. The van der Waals surface area contributed by atoms with Crippen LogP contribution in [0.5, 0.6) is 0 Å². The molecule has 0 aromatic carbocycles. The van der Waals surface area contributed by atoms with Crippen LogP contribution in [-0.2, 0) is 4.74 Å². The Morgan fingerprint density at radius 3 is 2.46 bits per heavy atom. The molecule has 1 rings (SSSR count). The van der Waals surface area contributed by atoms with E-state index in [1.807, 2.05) is 0 Å². The molecule has 13 heavy (non-hydrogen) atoms. The molecule has 0 aliphatic heterocycles. The van der Waals surface area contributed by atoms with E-state index in [1.165, 1.54) is 32.1 Å². The summed E-state index contributed by atoms with van der Waals surface area (Å²) in [5, 5.41) is 0. The van der Waals surface area contributed by atoms with Crippen molar-refractivity contribution in [3.8, 4) is 0 Å². The average molecular weight is 185 g/mol. The molecule has 0 aromatic heterocycles. The standard InChI is InChI=1S/C11H23NO/c1-11(12,9-13-2)8-10-6-4-3-5-7-10/h10H,3-9,12H2,1-2H3. The van der Waals surface area contributed by atoms with Crippen molar-refractivity contribution in [2.45, 2.75) is 51.0 Å². The molecule has 2 heteroatoms. The molecule has 1 atom stereocenters. The van der Waals surface area contributed by atoms with Gasteiger partial charge in [0.25, 0.3) is 0 Å². The Kier molecular flexibility index (Phi) is 4.20. The lowest BCUT2D eigenvalue weighted by atomic mass is 9.81. The van der Waals surface area contributed by atoms with E-state index in [9.17, 15) is 0 Å². The Bertz CT molecular complexity index is 139. The summed E-state index contributed by atoms with van der Waals surface area (Å²) in [5.41, 5.74) is 6.02. The molecule has 78 valence electrons. The molecular formula is C11H23NO. The fourth-order valence-electron chi connectivity index (χ4n) is 2.44. The lowest BCUT2D eigenvalue weighted by Crippen LogP contribution is -2.43. The summed E-state index contributed by atoms with van der Waals surface area (Å²) in [7, 11) is 1.73.